The molecule has 0 spiro atoms. The molecule has 1 atom stereocenters. The van der Waals surface area contributed by atoms with E-state index >= 15 is 0 Å². The van der Waals surface area contributed by atoms with E-state index in [9.17, 15) is 4.79 Å². The largest absolute Gasteiger partial charge is 0.477 e. The Kier molecular flexibility index (Phi) is 4.37. The Balaban J connectivity index is 0.00000144. The second-order valence-electron chi connectivity index (χ2n) is 2.57. The Hall–Kier alpha value is -1.13. The van der Waals surface area contributed by atoms with Gasteiger partial charge in [-0.05, 0) is 18.6 Å². The zero-order valence-corrected chi connectivity index (χ0v) is 7.91. The Morgan fingerprint density at radius 3 is 2.54 bits per heavy atom. The fourth-order valence-electron chi connectivity index (χ4n) is 0.801. The van der Waals surface area contributed by atoms with Gasteiger partial charge in [0.2, 0.25) is 0 Å². The number of halogens is 1. The van der Waals surface area contributed by atoms with Gasteiger partial charge in [-0.3, -0.25) is 0 Å². The summed E-state index contributed by atoms with van der Waals surface area (Å²) in [5.41, 5.74) is 6.43. The van der Waals surface area contributed by atoms with Gasteiger partial charge in [-0.2, -0.15) is 0 Å². The standard InChI is InChI=1S/C8H10N2O2.ClH/c1-5(9)6-2-3-7(8(11)12)10-4-6;/h2-5H,9H2,1H3,(H,11,12);1H. The third-order valence-corrected chi connectivity index (χ3v) is 1.53. The minimum atomic E-state index is -1.02. The summed E-state index contributed by atoms with van der Waals surface area (Å²) in [6.45, 7) is 1.82. The molecule has 1 heterocycles. The zero-order valence-electron chi connectivity index (χ0n) is 7.10. The molecule has 5 heteroatoms. The first-order valence-electron chi connectivity index (χ1n) is 3.56. The molecule has 1 aromatic rings. The van der Waals surface area contributed by atoms with Crippen molar-refractivity contribution in [3.05, 3.63) is 29.6 Å². The number of carbonyl (C=O) groups is 1. The fraction of sp³-hybridized carbons (Fsp3) is 0.250. The van der Waals surface area contributed by atoms with E-state index < -0.39 is 5.97 Å². The summed E-state index contributed by atoms with van der Waals surface area (Å²) < 4.78 is 0. The number of nitrogens with zero attached hydrogens (tertiary/aromatic N) is 1. The van der Waals surface area contributed by atoms with Crippen molar-refractivity contribution in [3.8, 4) is 0 Å². The highest BCUT2D eigenvalue weighted by molar-refractivity contribution is 5.85. The fourth-order valence-corrected chi connectivity index (χ4v) is 0.801. The first-order valence-corrected chi connectivity index (χ1v) is 3.56. The van der Waals surface area contributed by atoms with Crippen molar-refractivity contribution in [1.82, 2.24) is 4.98 Å². The molecule has 1 rings (SSSR count). The molecule has 0 aromatic carbocycles. The number of pyridine rings is 1. The molecular formula is C8H11ClN2O2. The van der Waals surface area contributed by atoms with Crippen molar-refractivity contribution in [3.63, 3.8) is 0 Å². The maximum absolute atomic E-state index is 10.4. The van der Waals surface area contributed by atoms with Gasteiger partial charge in [0.1, 0.15) is 5.69 Å². The maximum atomic E-state index is 10.4. The molecule has 0 aliphatic heterocycles. The smallest absolute Gasteiger partial charge is 0.354 e. The number of hydrogen-bond acceptors (Lipinski definition) is 3. The molecule has 0 saturated heterocycles. The third-order valence-electron chi connectivity index (χ3n) is 1.53. The summed E-state index contributed by atoms with van der Waals surface area (Å²) in [7, 11) is 0. The quantitative estimate of drug-likeness (QED) is 0.756. The zero-order chi connectivity index (χ0) is 9.14. The number of carboxylic acids is 1. The summed E-state index contributed by atoms with van der Waals surface area (Å²) in [6.07, 6.45) is 1.48. The van der Waals surface area contributed by atoms with E-state index in [2.05, 4.69) is 4.98 Å². The van der Waals surface area contributed by atoms with Crippen LogP contribution < -0.4 is 5.73 Å². The highest BCUT2D eigenvalue weighted by Gasteiger charge is 2.04. The third kappa shape index (κ3) is 3.01. The summed E-state index contributed by atoms with van der Waals surface area (Å²) in [5.74, 6) is -1.02. The highest BCUT2D eigenvalue weighted by atomic mass is 35.5. The average Bonchev–Trinajstić information content (AvgIpc) is 2.04. The van der Waals surface area contributed by atoms with Crippen LogP contribution in [0.15, 0.2) is 18.3 Å². The van der Waals surface area contributed by atoms with Gasteiger partial charge in [0.15, 0.2) is 0 Å². The van der Waals surface area contributed by atoms with Gasteiger partial charge < -0.3 is 10.8 Å². The Bertz CT molecular complexity index is 285. The van der Waals surface area contributed by atoms with Gasteiger partial charge in [-0.25, -0.2) is 9.78 Å². The molecule has 0 aliphatic rings. The molecule has 13 heavy (non-hydrogen) atoms. The second-order valence-corrected chi connectivity index (χ2v) is 2.57. The highest BCUT2D eigenvalue weighted by Crippen LogP contribution is 2.07. The predicted octanol–water partition coefficient (Wildman–Crippen LogP) is 1.22. The lowest BCUT2D eigenvalue weighted by Crippen LogP contribution is -2.07. The minimum Gasteiger partial charge on any atom is -0.477 e. The van der Waals surface area contributed by atoms with Crippen LogP contribution in [0.4, 0.5) is 0 Å². The van der Waals surface area contributed by atoms with E-state index in [1.54, 1.807) is 6.07 Å². The van der Waals surface area contributed by atoms with Crippen LogP contribution in [0.2, 0.25) is 0 Å². The normalized spacial score (nSPS) is 11.5. The van der Waals surface area contributed by atoms with Crippen LogP contribution in [0.25, 0.3) is 0 Å². The molecule has 72 valence electrons. The summed E-state index contributed by atoms with van der Waals surface area (Å²) in [6, 6.07) is 3.00. The predicted molar refractivity (Wildman–Crippen MR) is 51.0 cm³/mol. The molecule has 0 amide bonds. The van der Waals surface area contributed by atoms with Crippen LogP contribution in [0.3, 0.4) is 0 Å². The Labute approximate surface area is 82.2 Å². The number of nitrogens with two attached hydrogens (primary N) is 1. The molecular weight excluding hydrogens is 192 g/mol. The van der Waals surface area contributed by atoms with E-state index in [1.165, 1.54) is 12.3 Å². The molecule has 1 unspecified atom stereocenters. The minimum absolute atomic E-state index is 0. The first kappa shape index (κ1) is 11.9. The van der Waals surface area contributed by atoms with E-state index in [1.807, 2.05) is 6.92 Å². The van der Waals surface area contributed by atoms with Crippen molar-refractivity contribution >= 4 is 18.4 Å². The lowest BCUT2D eigenvalue weighted by Gasteiger charge is -2.03. The molecule has 0 aliphatic carbocycles. The van der Waals surface area contributed by atoms with Crippen LogP contribution in [0, 0.1) is 0 Å². The lowest BCUT2D eigenvalue weighted by molar-refractivity contribution is 0.0690. The number of hydrogen-bond donors (Lipinski definition) is 2. The van der Waals surface area contributed by atoms with Crippen molar-refractivity contribution in [1.29, 1.82) is 0 Å². The molecule has 0 bridgehead atoms. The van der Waals surface area contributed by atoms with E-state index in [0.717, 1.165) is 5.56 Å². The first-order chi connectivity index (χ1) is 5.61. The summed E-state index contributed by atoms with van der Waals surface area (Å²) >= 11 is 0. The van der Waals surface area contributed by atoms with Crippen LogP contribution in [0.5, 0.6) is 0 Å². The topological polar surface area (TPSA) is 76.2 Å². The van der Waals surface area contributed by atoms with Crippen LogP contribution in [0.1, 0.15) is 29.0 Å². The van der Waals surface area contributed by atoms with Crippen molar-refractivity contribution in [2.24, 2.45) is 5.73 Å². The Morgan fingerprint density at radius 1 is 1.62 bits per heavy atom. The lowest BCUT2D eigenvalue weighted by atomic mass is 10.1. The van der Waals surface area contributed by atoms with Crippen molar-refractivity contribution in [2.75, 3.05) is 0 Å². The second kappa shape index (κ2) is 4.79. The molecule has 0 saturated carbocycles. The number of carboxylic acid groups (broad SMARTS) is 1. The molecule has 3 N–H and O–H groups in total. The SMILES string of the molecule is CC(N)c1ccc(C(=O)O)nc1.Cl. The van der Waals surface area contributed by atoms with Gasteiger partial charge in [-0.1, -0.05) is 6.07 Å². The molecule has 0 fully saturated rings. The monoisotopic (exact) mass is 202 g/mol. The molecule has 1 aromatic heterocycles. The van der Waals surface area contributed by atoms with Crippen LogP contribution >= 0.6 is 12.4 Å². The number of rotatable bonds is 2. The van der Waals surface area contributed by atoms with E-state index in [4.69, 9.17) is 10.8 Å². The summed E-state index contributed by atoms with van der Waals surface area (Å²) in [4.78, 5) is 14.1. The number of aromatic nitrogens is 1. The summed E-state index contributed by atoms with van der Waals surface area (Å²) in [5, 5.41) is 8.52. The average molecular weight is 203 g/mol. The van der Waals surface area contributed by atoms with Gasteiger partial charge in [0.05, 0.1) is 0 Å². The van der Waals surface area contributed by atoms with E-state index in [0.29, 0.717) is 0 Å². The number of aromatic carboxylic acids is 1. The van der Waals surface area contributed by atoms with Crippen LogP contribution in [-0.2, 0) is 0 Å². The van der Waals surface area contributed by atoms with E-state index in [-0.39, 0.29) is 24.1 Å². The van der Waals surface area contributed by atoms with Gasteiger partial charge in [0.25, 0.3) is 0 Å². The molecule has 4 nitrogen and oxygen atoms in total. The van der Waals surface area contributed by atoms with Gasteiger partial charge in [0, 0.05) is 12.2 Å². The van der Waals surface area contributed by atoms with Gasteiger partial charge >= 0.3 is 5.97 Å². The van der Waals surface area contributed by atoms with Crippen molar-refractivity contribution in [2.45, 2.75) is 13.0 Å². The van der Waals surface area contributed by atoms with Gasteiger partial charge in [-0.15, -0.1) is 12.4 Å². The van der Waals surface area contributed by atoms with Crippen molar-refractivity contribution < 1.29 is 9.90 Å². The van der Waals surface area contributed by atoms with Crippen LogP contribution in [-0.4, -0.2) is 16.1 Å². The maximum Gasteiger partial charge on any atom is 0.354 e. The Morgan fingerprint density at radius 2 is 2.23 bits per heavy atom. The molecule has 0 radical (unpaired) electrons.